The van der Waals surface area contributed by atoms with Crippen molar-refractivity contribution in [2.75, 3.05) is 21.3 Å². The van der Waals surface area contributed by atoms with Crippen LogP contribution >= 0.6 is 11.3 Å². The molecule has 0 saturated carbocycles. The molecule has 15 heavy (non-hydrogen) atoms. The summed E-state index contributed by atoms with van der Waals surface area (Å²) < 4.78 is 16.1. The summed E-state index contributed by atoms with van der Waals surface area (Å²) in [5.41, 5.74) is 1.38. The zero-order chi connectivity index (χ0) is 11.1. The van der Waals surface area contributed by atoms with Gasteiger partial charge in [0, 0.05) is 27.4 Å². The largest absolute Gasteiger partial charge is 0.500 e. The normalized spacial score (nSPS) is 11.9. The molecule has 0 aliphatic carbocycles. The minimum atomic E-state index is -2.35. The van der Waals surface area contributed by atoms with Gasteiger partial charge in [0.25, 0.3) is 0 Å². The molecule has 1 heterocycles. The van der Waals surface area contributed by atoms with Gasteiger partial charge in [-0.3, -0.25) is 0 Å². The summed E-state index contributed by atoms with van der Waals surface area (Å²) in [6.07, 6.45) is 2.10. The lowest BCUT2D eigenvalue weighted by atomic mass is 10.2. The molecule has 0 aliphatic rings. The highest BCUT2D eigenvalue weighted by Crippen LogP contribution is 2.18. The van der Waals surface area contributed by atoms with Crippen molar-refractivity contribution < 1.29 is 13.3 Å². The Hall–Kier alpha value is -0.203. The maximum atomic E-state index is 5.35. The summed E-state index contributed by atoms with van der Waals surface area (Å²) in [5, 5.41) is 4.28. The fraction of sp³-hybridized carbons (Fsp3) is 0.600. The summed E-state index contributed by atoms with van der Waals surface area (Å²) in [6, 6.07) is 3.02. The lowest BCUT2D eigenvalue weighted by molar-refractivity contribution is 0.123. The Labute approximate surface area is 96.4 Å². The van der Waals surface area contributed by atoms with Crippen LogP contribution < -0.4 is 0 Å². The van der Waals surface area contributed by atoms with E-state index in [-0.39, 0.29) is 0 Å². The second-order valence-electron chi connectivity index (χ2n) is 3.28. The van der Waals surface area contributed by atoms with Crippen LogP contribution in [-0.4, -0.2) is 30.1 Å². The number of thiophene rings is 1. The monoisotopic (exact) mass is 246 g/mol. The minimum Gasteiger partial charge on any atom is -0.377 e. The summed E-state index contributed by atoms with van der Waals surface area (Å²) >= 11 is 1.73. The van der Waals surface area contributed by atoms with Crippen molar-refractivity contribution in [1.29, 1.82) is 0 Å². The van der Waals surface area contributed by atoms with Gasteiger partial charge in [0.1, 0.15) is 0 Å². The van der Waals surface area contributed by atoms with Gasteiger partial charge in [-0.1, -0.05) is 0 Å². The standard InChI is InChI=1S/C10H18O3SSi/c1-11-15(12-2,13-3)8-4-5-10-6-7-14-9-10/h6-7,9H,4-5,8H2,1-3H3. The van der Waals surface area contributed by atoms with Crippen molar-refractivity contribution in [3.8, 4) is 0 Å². The molecule has 0 saturated heterocycles. The van der Waals surface area contributed by atoms with Crippen molar-refractivity contribution in [2.45, 2.75) is 18.9 Å². The summed E-state index contributed by atoms with van der Waals surface area (Å²) in [7, 11) is 2.62. The lowest BCUT2D eigenvalue weighted by Gasteiger charge is -2.24. The number of aryl methyl sites for hydroxylation is 1. The SMILES string of the molecule is CO[Si](CCCc1ccsc1)(OC)OC. The first-order valence-corrected chi connectivity index (χ1v) is 7.80. The fourth-order valence-electron chi connectivity index (χ4n) is 1.50. The maximum Gasteiger partial charge on any atom is 0.500 e. The number of hydrogen-bond donors (Lipinski definition) is 0. The zero-order valence-corrected chi connectivity index (χ0v) is 11.3. The molecular formula is C10H18O3SSi. The minimum absolute atomic E-state index is 0.867. The average molecular weight is 246 g/mol. The van der Waals surface area contributed by atoms with Crippen molar-refractivity contribution in [2.24, 2.45) is 0 Å². The lowest BCUT2D eigenvalue weighted by Crippen LogP contribution is -2.42. The molecule has 0 amide bonds. The Morgan fingerprint density at radius 2 is 1.87 bits per heavy atom. The van der Waals surface area contributed by atoms with Crippen LogP contribution in [0.2, 0.25) is 6.04 Å². The highest BCUT2D eigenvalue weighted by Gasteiger charge is 2.36. The van der Waals surface area contributed by atoms with E-state index in [0.29, 0.717) is 0 Å². The van der Waals surface area contributed by atoms with Gasteiger partial charge >= 0.3 is 8.80 Å². The Kier molecular flexibility index (Phi) is 5.48. The molecule has 0 aromatic carbocycles. The Balaban J connectivity index is 2.34. The van der Waals surface area contributed by atoms with Gasteiger partial charge < -0.3 is 13.3 Å². The number of rotatable bonds is 7. The molecule has 0 unspecified atom stereocenters. The first-order valence-electron chi connectivity index (χ1n) is 4.93. The third kappa shape index (κ3) is 3.69. The summed E-state index contributed by atoms with van der Waals surface area (Å²) in [5.74, 6) is 0. The third-order valence-electron chi connectivity index (χ3n) is 2.46. The molecule has 1 rings (SSSR count). The van der Waals surface area contributed by atoms with Crippen LogP contribution in [-0.2, 0) is 19.7 Å². The molecule has 0 N–H and O–H groups in total. The molecule has 1 aromatic rings. The van der Waals surface area contributed by atoms with E-state index in [2.05, 4.69) is 16.8 Å². The fourth-order valence-corrected chi connectivity index (χ4v) is 3.93. The molecule has 1 aromatic heterocycles. The van der Waals surface area contributed by atoms with Crippen molar-refractivity contribution in [1.82, 2.24) is 0 Å². The molecule has 0 spiro atoms. The van der Waals surface area contributed by atoms with Gasteiger partial charge in [-0.05, 0) is 35.2 Å². The molecular weight excluding hydrogens is 228 g/mol. The summed E-state index contributed by atoms with van der Waals surface area (Å²) in [4.78, 5) is 0. The van der Waals surface area contributed by atoms with Gasteiger partial charge in [-0.25, -0.2) is 0 Å². The average Bonchev–Trinajstić information content (AvgIpc) is 2.78. The van der Waals surface area contributed by atoms with Crippen molar-refractivity contribution >= 4 is 20.1 Å². The van der Waals surface area contributed by atoms with Crippen LogP contribution in [0.5, 0.6) is 0 Å². The molecule has 0 fully saturated rings. The first-order chi connectivity index (χ1) is 7.26. The van der Waals surface area contributed by atoms with Gasteiger partial charge in [0.05, 0.1) is 0 Å². The topological polar surface area (TPSA) is 27.7 Å². The highest BCUT2D eigenvalue weighted by atomic mass is 32.1. The van der Waals surface area contributed by atoms with E-state index in [9.17, 15) is 0 Å². The van der Waals surface area contributed by atoms with Crippen LogP contribution in [0.4, 0.5) is 0 Å². The van der Waals surface area contributed by atoms with Gasteiger partial charge in [0.2, 0.25) is 0 Å². The predicted octanol–water partition coefficient (Wildman–Crippen LogP) is 2.56. The molecule has 0 radical (unpaired) electrons. The van der Waals surface area contributed by atoms with Crippen LogP contribution in [0, 0.1) is 0 Å². The van der Waals surface area contributed by atoms with Gasteiger partial charge in [0.15, 0.2) is 0 Å². The van der Waals surface area contributed by atoms with E-state index >= 15 is 0 Å². The van der Waals surface area contributed by atoms with Crippen LogP contribution in [0.1, 0.15) is 12.0 Å². The Bertz CT molecular complexity index is 251. The quantitative estimate of drug-likeness (QED) is 0.692. The maximum absolute atomic E-state index is 5.35. The van der Waals surface area contributed by atoms with Gasteiger partial charge in [-0.2, -0.15) is 11.3 Å². The van der Waals surface area contributed by atoms with Crippen molar-refractivity contribution in [3.05, 3.63) is 22.4 Å². The highest BCUT2D eigenvalue weighted by molar-refractivity contribution is 7.07. The number of hydrogen-bond acceptors (Lipinski definition) is 4. The Morgan fingerprint density at radius 3 is 2.33 bits per heavy atom. The van der Waals surface area contributed by atoms with E-state index < -0.39 is 8.80 Å². The van der Waals surface area contributed by atoms with Crippen LogP contribution in [0.3, 0.4) is 0 Å². The van der Waals surface area contributed by atoms with E-state index in [1.165, 1.54) is 5.56 Å². The molecule has 0 atom stereocenters. The summed E-state index contributed by atoms with van der Waals surface area (Å²) in [6.45, 7) is 0. The molecule has 5 heteroatoms. The predicted molar refractivity (Wildman–Crippen MR) is 64.2 cm³/mol. The van der Waals surface area contributed by atoms with Crippen LogP contribution in [0.15, 0.2) is 16.8 Å². The van der Waals surface area contributed by atoms with E-state index in [1.54, 1.807) is 32.7 Å². The van der Waals surface area contributed by atoms with E-state index in [1.807, 2.05) is 0 Å². The van der Waals surface area contributed by atoms with E-state index in [4.69, 9.17) is 13.3 Å². The molecule has 86 valence electrons. The van der Waals surface area contributed by atoms with E-state index in [0.717, 1.165) is 18.9 Å². The zero-order valence-electron chi connectivity index (χ0n) is 9.49. The first kappa shape index (κ1) is 12.9. The molecule has 3 nitrogen and oxygen atoms in total. The third-order valence-corrected chi connectivity index (χ3v) is 6.03. The van der Waals surface area contributed by atoms with Crippen LogP contribution in [0.25, 0.3) is 0 Å². The molecule has 0 aliphatic heterocycles. The Morgan fingerprint density at radius 1 is 1.20 bits per heavy atom. The second kappa shape index (κ2) is 6.39. The second-order valence-corrected chi connectivity index (χ2v) is 7.15. The smallest absolute Gasteiger partial charge is 0.377 e. The van der Waals surface area contributed by atoms with Crippen molar-refractivity contribution in [3.63, 3.8) is 0 Å². The molecule has 0 bridgehead atoms. The van der Waals surface area contributed by atoms with Gasteiger partial charge in [-0.15, -0.1) is 0 Å².